The molecular formula is C19H20ClNO5S. The molecule has 2 aromatic rings. The molecule has 0 atom stereocenters. The van der Waals surface area contributed by atoms with Gasteiger partial charge in [0.1, 0.15) is 0 Å². The standard InChI is InChI=1S/C19H20ClNO5S/c1-13-7-8-15(11-14(13)2)27(24,25)10-9-19(23)26-12-18(22)21-17-6-4-3-5-16(17)20/h3-8,11H,9-10,12H2,1-2H3,(H,21,22). The number of sulfone groups is 1. The lowest BCUT2D eigenvalue weighted by Gasteiger charge is -2.09. The zero-order valence-corrected chi connectivity index (χ0v) is 16.6. The average Bonchev–Trinajstić information content (AvgIpc) is 2.62. The third-order valence-electron chi connectivity index (χ3n) is 3.92. The van der Waals surface area contributed by atoms with Gasteiger partial charge in [0.15, 0.2) is 16.4 Å². The van der Waals surface area contributed by atoms with Gasteiger partial charge in [-0.05, 0) is 49.2 Å². The lowest BCUT2D eigenvalue weighted by atomic mass is 10.1. The highest BCUT2D eigenvalue weighted by molar-refractivity contribution is 7.91. The van der Waals surface area contributed by atoms with Crippen LogP contribution in [0.3, 0.4) is 0 Å². The van der Waals surface area contributed by atoms with Gasteiger partial charge in [-0.15, -0.1) is 0 Å². The van der Waals surface area contributed by atoms with Crippen LogP contribution >= 0.6 is 11.6 Å². The maximum Gasteiger partial charge on any atom is 0.307 e. The van der Waals surface area contributed by atoms with Crippen molar-refractivity contribution in [1.29, 1.82) is 0 Å². The first-order valence-corrected chi connectivity index (χ1v) is 10.2. The van der Waals surface area contributed by atoms with E-state index in [0.29, 0.717) is 10.7 Å². The average molecular weight is 410 g/mol. The van der Waals surface area contributed by atoms with Gasteiger partial charge in [-0.25, -0.2) is 8.42 Å². The second-order valence-electron chi connectivity index (χ2n) is 6.00. The van der Waals surface area contributed by atoms with E-state index >= 15 is 0 Å². The molecule has 0 aliphatic heterocycles. The minimum Gasteiger partial charge on any atom is -0.456 e. The summed E-state index contributed by atoms with van der Waals surface area (Å²) < 4.78 is 29.5. The number of nitrogens with one attached hydrogen (secondary N) is 1. The number of hydrogen-bond donors (Lipinski definition) is 1. The van der Waals surface area contributed by atoms with Crippen LogP contribution in [-0.4, -0.2) is 32.7 Å². The van der Waals surface area contributed by atoms with Crippen molar-refractivity contribution in [3.63, 3.8) is 0 Å². The first-order valence-electron chi connectivity index (χ1n) is 8.19. The van der Waals surface area contributed by atoms with Crippen LogP contribution in [-0.2, 0) is 24.2 Å². The molecule has 1 N–H and O–H groups in total. The Labute approximate surface area is 163 Å². The Bertz CT molecular complexity index is 956. The summed E-state index contributed by atoms with van der Waals surface area (Å²) in [5.41, 5.74) is 2.24. The van der Waals surface area contributed by atoms with Crippen molar-refractivity contribution in [2.45, 2.75) is 25.2 Å². The summed E-state index contributed by atoms with van der Waals surface area (Å²) in [7, 11) is -3.61. The second-order valence-corrected chi connectivity index (χ2v) is 8.52. The van der Waals surface area contributed by atoms with E-state index in [1.165, 1.54) is 6.07 Å². The number of amides is 1. The Balaban J connectivity index is 1.84. The van der Waals surface area contributed by atoms with Crippen LogP contribution in [0.15, 0.2) is 47.4 Å². The zero-order chi connectivity index (χ0) is 20.0. The van der Waals surface area contributed by atoms with Crippen LogP contribution in [0.4, 0.5) is 5.69 Å². The number of carbonyl (C=O) groups is 2. The molecule has 0 heterocycles. The number of para-hydroxylation sites is 1. The number of anilines is 1. The normalized spacial score (nSPS) is 11.1. The molecule has 0 saturated heterocycles. The number of carbonyl (C=O) groups excluding carboxylic acids is 2. The molecule has 0 unspecified atom stereocenters. The van der Waals surface area contributed by atoms with Crippen LogP contribution in [0.2, 0.25) is 5.02 Å². The predicted octanol–water partition coefficient (Wildman–Crippen LogP) is 3.30. The Morgan fingerprint density at radius 3 is 2.44 bits per heavy atom. The van der Waals surface area contributed by atoms with Crippen LogP contribution in [0.25, 0.3) is 0 Å². The molecule has 0 bridgehead atoms. The van der Waals surface area contributed by atoms with Crippen molar-refractivity contribution in [3.05, 3.63) is 58.6 Å². The van der Waals surface area contributed by atoms with E-state index in [0.717, 1.165) is 11.1 Å². The minimum absolute atomic E-state index is 0.162. The van der Waals surface area contributed by atoms with Gasteiger partial charge in [0.05, 0.1) is 27.8 Å². The highest BCUT2D eigenvalue weighted by Crippen LogP contribution is 2.20. The highest BCUT2D eigenvalue weighted by Gasteiger charge is 2.18. The summed E-state index contributed by atoms with van der Waals surface area (Å²) in [6, 6.07) is 11.4. The van der Waals surface area contributed by atoms with Gasteiger partial charge in [0, 0.05) is 0 Å². The van der Waals surface area contributed by atoms with E-state index in [2.05, 4.69) is 5.32 Å². The fraction of sp³-hybridized carbons (Fsp3) is 0.263. The monoisotopic (exact) mass is 409 g/mol. The molecule has 1 amide bonds. The topological polar surface area (TPSA) is 89.5 Å². The lowest BCUT2D eigenvalue weighted by molar-refractivity contribution is -0.146. The quantitative estimate of drug-likeness (QED) is 0.708. The van der Waals surface area contributed by atoms with Crippen molar-refractivity contribution in [1.82, 2.24) is 0 Å². The van der Waals surface area contributed by atoms with Gasteiger partial charge in [0.25, 0.3) is 5.91 Å². The highest BCUT2D eigenvalue weighted by atomic mass is 35.5. The lowest BCUT2D eigenvalue weighted by Crippen LogP contribution is -2.22. The van der Waals surface area contributed by atoms with E-state index in [1.54, 1.807) is 36.4 Å². The number of ether oxygens (including phenoxy) is 1. The Hall–Kier alpha value is -2.38. The Kier molecular flexibility index (Phi) is 6.98. The third-order valence-corrected chi connectivity index (χ3v) is 5.97. The van der Waals surface area contributed by atoms with Gasteiger partial charge in [-0.2, -0.15) is 0 Å². The second kappa shape index (κ2) is 9.01. The number of halogens is 1. The van der Waals surface area contributed by atoms with Gasteiger partial charge in [-0.1, -0.05) is 29.8 Å². The molecular weight excluding hydrogens is 390 g/mol. The van der Waals surface area contributed by atoms with Crippen molar-refractivity contribution in [2.75, 3.05) is 17.7 Å². The van der Waals surface area contributed by atoms with Crippen LogP contribution < -0.4 is 5.32 Å². The number of aryl methyl sites for hydroxylation is 2. The van der Waals surface area contributed by atoms with Gasteiger partial charge < -0.3 is 10.1 Å². The van der Waals surface area contributed by atoms with Crippen molar-refractivity contribution < 1.29 is 22.7 Å². The molecule has 8 heteroatoms. The van der Waals surface area contributed by atoms with Gasteiger partial charge in [-0.3, -0.25) is 9.59 Å². The molecule has 6 nitrogen and oxygen atoms in total. The van der Waals surface area contributed by atoms with Gasteiger partial charge >= 0.3 is 5.97 Å². The summed E-state index contributed by atoms with van der Waals surface area (Å²) >= 11 is 5.92. The SMILES string of the molecule is Cc1ccc(S(=O)(=O)CCC(=O)OCC(=O)Nc2ccccc2Cl)cc1C. The minimum atomic E-state index is -3.61. The number of hydrogen-bond acceptors (Lipinski definition) is 5. The largest absolute Gasteiger partial charge is 0.456 e. The fourth-order valence-corrected chi connectivity index (χ4v) is 3.70. The molecule has 0 saturated carbocycles. The van der Waals surface area contributed by atoms with Crippen molar-refractivity contribution in [2.24, 2.45) is 0 Å². The maximum atomic E-state index is 12.3. The van der Waals surface area contributed by atoms with E-state index in [9.17, 15) is 18.0 Å². The summed E-state index contributed by atoms with van der Waals surface area (Å²) in [5.74, 6) is -1.72. The zero-order valence-electron chi connectivity index (χ0n) is 15.0. The first kappa shape index (κ1) is 20.9. The van der Waals surface area contributed by atoms with Crippen LogP contribution in [0.1, 0.15) is 17.5 Å². The molecule has 0 aromatic heterocycles. The summed E-state index contributed by atoms with van der Waals surface area (Å²) in [5, 5.41) is 2.87. The van der Waals surface area contributed by atoms with Crippen molar-refractivity contribution >= 4 is 39.0 Å². The van der Waals surface area contributed by atoms with E-state index in [-0.39, 0.29) is 17.1 Å². The third kappa shape index (κ3) is 6.08. The molecule has 0 aliphatic rings. The molecule has 27 heavy (non-hydrogen) atoms. The molecule has 0 aliphatic carbocycles. The van der Waals surface area contributed by atoms with Crippen LogP contribution in [0, 0.1) is 13.8 Å². The number of esters is 1. The number of rotatable bonds is 7. The van der Waals surface area contributed by atoms with E-state index in [1.807, 2.05) is 13.8 Å². The smallest absolute Gasteiger partial charge is 0.307 e. The number of benzene rings is 2. The Morgan fingerprint density at radius 2 is 1.78 bits per heavy atom. The molecule has 2 rings (SSSR count). The first-order chi connectivity index (χ1) is 12.7. The summed E-state index contributed by atoms with van der Waals surface area (Å²) in [6.07, 6.45) is -0.339. The predicted molar refractivity (Wildman–Crippen MR) is 104 cm³/mol. The molecule has 0 spiro atoms. The fourth-order valence-electron chi connectivity index (χ4n) is 2.21. The molecule has 0 radical (unpaired) electrons. The van der Waals surface area contributed by atoms with E-state index in [4.69, 9.17) is 16.3 Å². The molecule has 2 aromatic carbocycles. The van der Waals surface area contributed by atoms with Gasteiger partial charge in [0.2, 0.25) is 0 Å². The molecule has 0 fully saturated rings. The summed E-state index contributed by atoms with van der Waals surface area (Å²) in [4.78, 5) is 23.7. The van der Waals surface area contributed by atoms with E-state index < -0.39 is 28.3 Å². The molecule has 144 valence electrons. The van der Waals surface area contributed by atoms with Crippen molar-refractivity contribution in [3.8, 4) is 0 Å². The maximum absolute atomic E-state index is 12.3. The Morgan fingerprint density at radius 1 is 1.07 bits per heavy atom. The summed E-state index contributed by atoms with van der Waals surface area (Å²) in [6.45, 7) is 3.19. The van der Waals surface area contributed by atoms with Crippen LogP contribution in [0.5, 0.6) is 0 Å².